The van der Waals surface area contributed by atoms with Gasteiger partial charge < -0.3 is 14.4 Å². The molecule has 2 aromatic carbocycles. The Balaban J connectivity index is 1.43. The molecule has 6 nitrogen and oxygen atoms in total. The summed E-state index contributed by atoms with van der Waals surface area (Å²) in [5.41, 5.74) is 3.50. The lowest BCUT2D eigenvalue weighted by atomic mass is 10.1. The minimum Gasteiger partial charge on any atom is -0.351 e. The zero-order chi connectivity index (χ0) is 18.8. The number of carbonyl (C=O) groups excluding carboxylic acids is 1. The largest absolute Gasteiger partial charge is 0.351 e. The Kier molecular flexibility index (Phi) is 4.46. The number of aromatic amines is 1. The SMILES string of the molecule is Cc1ccccc1C(=O)N(C)CCc1noc(-c2cc3ccccc3[nH]2)n1. The van der Waals surface area contributed by atoms with Gasteiger partial charge in [-0.25, -0.2) is 0 Å². The van der Waals surface area contributed by atoms with E-state index >= 15 is 0 Å². The van der Waals surface area contributed by atoms with Gasteiger partial charge in [-0.15, -0.1) is 0 Å². The second-order valence-electron chi connectivity index (χ2n) is 6.58. The zero-order valence-electron chi connectivity index (χ0n) is 15.3. The highest BCUT2D eigenvalue weighted by Gasteiger charge is 2.16. The average Bonchev–Trinajstić information content (AvgIpc) is 3.32. The molecule has 0 fully saturated rings. The van der Waals surface area contributed by atoms with Crippen molar-refractivity contribution in [2.24, 2.45) is 0 Å². The highest BCUT2D eigenvalue weighted by atomic mass is 16.5. The fourth-order valence-corrected chi connectivity index (χ4v) is 3.04. The van der Waals surface area contributed by atoms with E-state index in [0.717, 1.165) is 22.2 Å². The van der Waals surface area contributed by atoms with Crippen molar-refractivity contribution in [3.63, 3.8) is 0 Å². The van der Waals surface area contributed by atoms with Gasteiger partial charge in [0.2, 0.25) is 0 Å². The van der Waals surface area contributed by atoms with Crippen LogP contribution in [0.4, 0.5) is 0 Å². The fourth-order valence-electron chi connectivity index (χ4n) is 3.04. The number of nitrogens with one attached hydrogen (secondary N) is 1. The lowest BCUT2D eigenvalue weighted by Crippen LogP contribution is -2.29. The average molecular weight is 360 g/mol. The van der Waals surface area contributed by atoms with Crippen LogP contribution in [0.3, 0.4) is 0 Å². The Labute approximate surface area is 156 Å². The molecule has 0 spiro atoms. The lowest BCUT2D eigenvalue weighted by Gasteiger charge is -2.17. The minimum atomic E-state index is -0.00700. The van der Waals surface area contributed by atoms with E-state index in [1.807, 2.05) is 61.5 Å². The van der Waals surface area contributed by atoms with E-state index in [4.69, 9.17) is 4.52 Å². The number of fused-ring (bicyclic) bond motifs is 1. The van der Waals surface area contributed by atoms with Crippen molar-refractivity contribution < 1.29 is 9.32 Å². The van der Waals surface area contributed by atoms with Crippen LogP contribution in [0.1, 0.15) is 21.7 Å². The van der Waals surface area contributed by atoms with Gasteiger partial charge in [-0.2, -0.15) is 4.98 Å². The third kappa shape index (κ3) is 3.46. The van der Waals surface area contributed by atoms with Crippen molar-refractivity contribution in [3.8, 4) is 11.6 Å². The van der Waals surface area contributed by atoms with E-state index in [1.54, 1.807) is 11.9 Å². The third-order valence-electron chi connectivity index (χ3n) is 4.62. The molecule has 4 aromatic rings. The number of benzene rings is 2. The van der Waals surface area contributed by atoms with E-state index in [2.05, 4.69) is 15.1 Å². The van der Waals surface area contributed by atoms with Gasteiger partial charge in [0.1, 0.15) is 5.69 Å². The summed E-state index contributed by atoms with van der Waals surface area (Å²) in [6, 6.07) is 17.6. The van der Waals surface area contributed by atoms with Gasteiger partial charge in [0.15, 0.2) is 5.82 Å². The number of likely N-dealkylation sites (N-methyl/N-ethyl adjacent to an activating group) is 1. The molecule has 4 rings (SSSR count). The van der Waals surface area contributed by atoms with Gasteiger partial charge in [-0.3, -0.25) is 4.79 Å². The summed E-state index contributed by atoms with van der Waals surface area (Å²) >= 11 is 0. The molecule has 1 N–H and O–H groups in total. The second-order valence-corrected chi connectivity index (χ2v) is 6.58. The van der Waals surface area contributed by atoms with E-state index in [9.17, 15) is 4.79 Å². The summed E-state index contributed by atoms with van der Waals surface area (Å²) < 4.78 is 5.38. The van der Waals surface area contributed by atoms with Crippen LogP contribution in [0, 0.1) is 6.92 Å². The van der Waals surface area contributed by atoms with Gasteiger partial charge in [0.05, 0.1) is 0 Å². The first-order chi connectivity index (χ1) is 13.1. The van der Waals surface area contributed by atoms with Crippen LogP contribution in [-0.4, -0.2) is 39.5 Å². The summed E-state index contributed by atoms with van der Waals surface area (Å²) in [5, 5.41) is 5.13. The maximum atomic E-state index is 12.6. The number of aryl methyl sites for hydroxylation is 1. The van der Waals surface area contributed by atoms with Crippen molar-refractivity contribution >= 4 is 16.8 Å². The summed E-state index contributed by atoms with van der Waals surface area (Å²) in [6.45, 7) is 2.45. The van der Waals surface area contributed by atoms with Crippen molar-refractivity contribution in [1.29, 1.82) is 0 Å². The molecule has 0 atom stereocenters. The number of H-pyrrole nitrogens is 1. The summed E-state index contributed by atoms with van der Waals surface area (Å²) in [4.78, 5) is 22.0. The highest BCUT2D eigenvalue weighted by Crippen LogP contribution is 2.22. The number of nitrogens with zero attached hydrogens (tertiary/aromatic N) is 3. The monoisotopic (exact) mass is 360 g/mol. The molecular weight excluding hydrogens is 340 g/mol. The molecule has 0 bridgehead atoms. The molecule has 0 aliphatic rings. The van der Waals surface area contributed by atoms with E-state index in [1.165, 1.54) is 0 Å². The Morgan fingerprint density at radius 1 is 1.15 bits per heavy atom. The first kappa shape index (κ1) is 17.0. The number of rotatable bonds is 5. The number of para-hydroxylation sites is 1. The number of carbonyl (C=O) groups is 1. The number of amides is 1. The van der Waals surface area contributed by atoms with Crippen molar-refractivity contribution in [1.82, 2.24) is 20.0 Å². The molecule has 2 heterocycles. The quantitative estimate of drug-likeness (QED) is 0.587. The van der Waals surface area contributed by atoms with Gasteiger partial charge in [0.25, 0.3) is 11.8 Å². The van der Waals surface area contributed by atoms with Gasteiger partial charge in [-0.1, -0.05) is 41.6 Å². The molecule has 0 aliphatic carbocycles. The van der Waals surface area contributed by atoms with Crippen LogP contribution < -0.4 is 0 Å². The maximum absolute atomic E-state index is 12.6. The predicted molar refractivity (Wildman–Crippen MR) is 103 cm³/mol. The zero-order valence-corrected chi connectivity index (χ0v) is 15.3. The van der Waals surface area contributed by atoms with E-state index in [0.29, 0.717) is 30.2 Å². The normalized spacial score (nSPS) is 11.0. The first-order valence-corrected chi connectivity index (χ1v) is 8.83. The Morgan fingerprint density at radius 3 is 2.74 bits per heavy atom. The molecule has 0 aliphatic heterocycles. The van der Waals surface area contributed by atoms with E-state index in [-0.39, 0.29) is 5.91 Å². The fraction of sp³-hybridized carbons (Fsp3) is 0.190. The van der Waals surface area contributed by atoms with Gasteiger partial charge in [0, 0.05) is 36.5 Å². The third-order valence-corrected chi connectivity index (χ3v) is 4.62. The maximum Gasteiger partial charge on any atom is 0.274 e. The first-order valence-electron chi connectivity index (χ1n) is 8.83. The Hall–Kier alpha value is -3.41. The van der Waals surface area contributed by atoms with Crippen LogP contribution in [0.2, 0.25) is 0 Å². The van der Waals surface area contributed by atoms with Crippen LogP contribution in [0.25, 0.3) is 22.5 Å². The Morgan fingerprint density at radius 2 is 1.93 bits per heavy atom. The molecule has 0 unspecified atom stereocenters. The molecule has 0 radical (unpaired) electrons. The summed E-state index contributed by atoms with van der Waals surface area (Å²) in [5.74, 6) is 1.02. The molecule has 1 amide bonds. The van der Waals surface area contributed by atoms with Crippen molar-refractivity contribution in [3.05, 3.63) is 71.5 Å². The van der Waals surface area contributed by atoms with E-state index < -0.39 is 0 Å². The van der Waals surface area contributed by atoms with Crippen LogP contribution in [0.5, 0.6) is 0 Å². The lowest BCUT2D eigenvalue weighted by molar-refractivity contribution is 0.0795. The van der Waals surface area contributed by atoms with Gasteiger partial charge in [-0.05, 0) is 30.7 Å². The standard InChI is InChI=1S/C21H20N4O2/c1-14-7-3-5-9-16(14)21(26)25(2)12-11-19-23-20(27-24-19)18-13-15-8-4-6-10-17(15)22-18/h3-10,13,22H,11-12H2,1-2H3. The number of hydrogen-bond acceptors (Lipinski definition) is 4. The highest BCUT2D eigenvalue weighted by molar-refractivity contribution is 5.95. The second kappa shape index (κ2) is 7.07. The summed E-state index contributed by atoms with van der Waals surface area (Å²) in [7, 11) is 1.79. The Bertz CT molecular complexity index is 1060. The molecule has 0 saturated carbocycles. The van der Waals surface area contributed by atoms with Crippen LogP contribution in [-0.2, 0) is 6.42 Å². The molecular formula is C21H20N4O2. The van der Waals surface area contributed by atoms with Crippen molar-refractivity contribution in [2.75, 3.05) is 13.6 Å². The topological polar surface area (TPSA) is 75.0 Å². The number of hydrogen-bond donors (Lipinski definition) is 1. The molecule has 0 saturated heterocycles. The van der Waals surface area contributed by atoms with Crippen LogP contribution >= 0.6 is 0 Å². The summed E-state index contributed by atoms with van der Waals surface area (Å²) in [6.07, 6.45) is 0.526. The smallest absolute Gasteiger partial charge is 0.274 e. The molecule has 27 heavy (non-hydrogen) atoms. The van der Waals surface area contributed by atoms with Crippen LogP contribution in [0.15, 0.2) is 59.1 Å². The molecule has 2 aromatic heterocycles. The predicted octanol–water partition coefficient (Wildman–Crippen LogP) is 3.84. The minimum absolute atomic E-state index is 0.00700. The molecule has 136 valence electrons. The van der Waals surface area contributed by atoms with Gasteiger partial charge >= 0.3 is 0 Å². The molecule has 6 heteroatoms. The van der Waals surface area contributed by atoms with Crippen molar-refractivity contribution in [2.45, 2.75) is 13.3 Å². The number of aromatic nitrogens is 3.